The van der Waals surface area contributed by atoms with Gasteiger partial charge in [0.15, 0.2) is 0 Å². The van der Waals surface area contributed by atoms with E-state index >= 15 is 0 Å². The van der Waals surface area contributed by atoms with E-state index in [4.69, 9.17) is 17.3 Å². The van der Waals surface area contributed by atoms with Crippen molar-refractivity contribution in [2.24, 2.45) is 0 Å². The quantitative estimate of drug-likeness (QED) is 0.927. The van der Waals surface area contributed by atoms with Crippen molar-refractivity contribution in [1.29, 1.82) is 0 Å². The first-order valence-electron chi connectivity index (χ1n) is 5.09. The number of aromatic nitrogens is 3. The highest BCUT2D eigenvalue weighted by Gasteiger charge is 2.11. The lowest BCUT2D eigenvalue weighted by Crippen LogP contribution is -2.07. The van der Waals surface area contributed by atoms with Crippen LogP contribution in [0.15, 0.2) is 16.6 Å². The largest absolute Gasteiger partial charge is 0.384 e. The Bertz CT molecular complexity index is 565. The van der Waals surface area contributed by atoms with Crippen molar-refractivity contribution in [3.63, 3.8) is 0 Å². The highest BCUT2D eigenvalue weighted by molar-refractivity contribution is 9.10. The Labute approximate surface area is 113 Å². The Morgan fingerprint density at radius 3 is 2.71 bits per heavy atom. The van der Waals surface area contributed by atoms with Crippen LogP contribution in [0.3, 0.4) is 0 Å². The third-order valence-electron chi connectivity index (χ3n) is 2.53. The van der Waals surface area contributed by atoms with Crippen LogP contribution in [0.25, 0.3) is 0 Å². The van der Waals surface area contributed by atoms with E-state index < -0.39 is 0 Å². The van der Waals surface area contributed by atoms with E-state index in [9.17, 15) is 0 Å². The first-order chi connectivity index (χ1) is 7.99. The number of hydrogen-bond donors (Lipinski definition) is 1. The molecule has 0 aliphatic rings. The van der Waals surface area contributed by atoms with Gasteiger partial charge in [-0.1, -0.05) is 11.6 Å². The minimum atomic E-state index is 0.463. The van der Waals surface area contributed by atoms with E-state index in [1.807, 2.05) is 18.5 Å². The van der Waals surface area contributed by atoms with Crippen LogP contribution in [0.4, 0.5) is 5.82 Å². The van der Waals surface area contributed by atoms with Crippen molar-refractivity contribution in [1.82, 2.24) is 14.8 Å². The molecular weight excluding hydrogens is 304 g/mol. The second kappa shape index (κ2) is 4.66. The van der Waals surface area contributed by atoms with Crippen LogP contribution in [0.1, 0.15) is 17.1 Å². The van der Waals surface area contributed by atoms with Gasteiger partial charge in [0, 0.05) is 0 Å². The zero-order valence-corrected chi connectivity index (χ0v) is 11.9. The van der Waals surface area contributed by atoms with E-state index in [0.717, 1.165) is 21.6 Å². The summed E-state index contributed by atoms with van der Waals surface area (Å²) in [7, 11) is 0. The fourth-order valence-corrected chi connectivity index (χ4v) is 2.03. The van der Waals surface area contributed by atoms with Gasteiger partial charge in [-0.3, -0.25) is 4.68 Å². The molecule has 4 nitrogen and oxygen atoms in total. The van der Waals surface area contributed by atoms with E-state index in [2.05, 4.69) is 26.0 Å². The first kappa shape index (κ1) is 12.4. The standard InChI is InChI=1S/C11H12BrClN4/c1-6-11(12)7(2)17(16-6)5-9-8(13)3-4-10(14)15-9/h3-4H,5H2,1-2H3,(H2,14,15). The summed E-state index contributed by atoms with van der Waals surface area (Å²) in [5.74, 6) is 0.463. The molecule has 0 aliphatic carbocycles. The lowest BCUT2D eigenvalue weighted by atomic mass is 10.3. The summed E-state index contributed by atoms with van der Waals surface area (Å²) in [6.07, 6.45) is 0. The molecule has 0 bridgehead atoms. The number of rotatable bonds is 2. The van der Waals surface area contributed by atoms with Gasteiger partial charge in [-0.15, -0.1) is 0 Å². The summed E-state index contributed by atoms with van der Waals surface area (Å²) >= 11 is 9.56. The maximum absolute atomic E-state index is 6.07. The predicted octanol–water partition coefficient (Wildman–Crippen LogP) is 2.94. The van der Waals surface area contributed by atoms with Crippen LogP contribution in [0, 0.1) is 13.8 Å². The maximum Gasteiger partial charge on any atom is 0.123 e. The number of halogens is 2. The molecular formula is C11H12BrClN4. The highest BCUT2D eigenvalue weighted by Crippen LogP contribution is 2.22. The number of aryl methyl sites for hydroxylation is 1. The van der Waals surface area contributed by atoms with Crippen molar-refractivity contribution >= 4 is 33.3 Å². The molecule has 2 aromatic rings. The van der Waals surface area contributed by atoms with Gasteiger partial charge in [0.25, 0.3) is 0 Å². The Morgan fingerprint density at radius 1 is 1.41 bits per heavy atom. The molecule has 2 rings (SSSR count). The fraction of sp³-hybridized carbons (Fsp3) is 0.273. The molecule has 2 N–H and O–H groups in total. The highest BCUT2D eigenvalue weighted by atomic mass is 79.9. The lowest BCUT2D eigenvalue weighted by Gasteiger charge is -2.06. The second-order valence-corrected chi connectivity index (χ2v) is 5.01. The summed E-state index contributed by atoms with van der Waals surface area (Å²) in [5.41, 5.74) is 8.36. The monoisotopic (exact) mass is 314 g/mol. The van der Waals surface area contributed by atoms with Gasteiger partial charge in [-0.2, -0.15) is 5.10 Å². The lowest BCUT2D eigenvalue weighted by molar-refractivity contribution is 0.647. The van der Waals surface area contributed by atoms with Crippen LogP contribution < -0.4 is 5.73 Å². The average molecular weight is 316 g/mol. The van der Waals surface area contributed by atoms with Gasteiger partial charge in [-0.05, 0) is 41.9 Å². The Morgan fingerprint density at radius 2 is 2.12 bits per heavy atom. The summed E-state index contributed by atoms with van der Waals surface area (Å²) < 4.78 is 2.87. The molecule has 2 heterocycles. The average Bonchev–Trinajstić information content (AvgIpc) is 2.52. The number of hydrogen-bond acceptors (Lipinski definition) is 3. The van der Waals surface area contributed by atoms with Crippen molar-refractivity contribution in [3.8, 4) is 0 Å². The van der Waals surface area contributed by atoms with Crippen LogP contribution >= 0.6 is 27.5 Å². The van der Waals surface area contributed by atoms with Gasteiger partial charge >= 0.3 is 0 Å². The van der Waals surface area contributed by atoms with Crippen molar-refractivity contribution < 1.29 is 0 Å². The second-order valence-electron chi connectivity index (χ2n) is 3.81. The summed E-state index contributed by atoms with van der Waals surface area (Å²) in [6.45, 7) is 4.45. The minimum Gasteiger partial charge on any atom is -0.384 e. The van der Waals surface area contributed by atoms with Gasteiger partial charge in [0.2, 0.25) is 0 Å². The number of nitrogens with two attached hydrogens (primary N) is 1. The van der Waals surface area contributed by atoms with E-state index in [-0.39, 0.29) is 0 Å². The molecule has 2 aromatic heterocycles. The normalized spacial score (nSPS) is 10.8. The Balaban J connectivity index is 2.37. The number of anilines is 1. The van der Waals surface area contributed by atoms with Gasteiger partial charge < -0.3 is 5.73 Å². The smallest absolute Gasteiger partial charge is 0.123 e. The van der Waals surface area contributed by atoms with Crippen molar-refractivity contribution in [2.45, 2.75) is 20.4 Å². The van der Waals surface area contributed by atoms with Gasteiger partial charge in [-0.25, -0.2) is 4.98 Å². The van der Waals surface area contributed by atoms with Crippen LogP contribution in [-0.4, -0.2) is 14.8 Å². The molecule has 6 heteroatoms. The molecule has 0 aromatic carbocycles. The molecule has 0 fully saturated rings. The minimum absolute atomic E-state index is 0.463. The molecule has 0 amide bonds. The zero-order valence-electron chi connectivity index (χ0n) is 9.54. The van der Waals surface area contributed by atoms with Gasteiger partial charge in [0.1, 0.15) is 5.82 Å². The predicted molar refractivity (Wildman–Crippen MR) is 72.2 cm³/mol. The molecule has 0 aliphatic heterocycles. The van der Waals surface area contributed by atoms with E-state index in [1.165, 1.54) is 0 Å². The molecule has 0 radical (unpaired) electrons. The van der Waals surface area contributed by atoms with Crippen LogP contribution in [0.2, 0.25) is 5.02 Å². The molecule has 0 saturated carbocycles. The Hall–Kier alpha value is -1.07. The third kappa shape index (κ3) is 2.45. The molecule has 17 heavy (non-hydrogen) atoms. The van der Waals surface area contributed by atoms with Crippen LogP contribution in [-0.2, 0) is 6.54 Å². The maximum atomic E-state index is 6.07. The molecule has 0 spiro atoms. The van der Waals surface area contributed by atoms with E-state index in [0.29, 0.717) is 17.4 Å². The summed E-state index contributed by atoms with van der Waals surface area (Å²) in [6, 6.07) is 3.43. The molecule has 0 unspecified atom stereocenters. The topological polar surface area (TPSA) is 56.7 Å². The number of nitrogen functional groups attached to an aromatic ring is 1. The van der Waals surface area contributed by atoms with E-state index in [1.54, 1.807) is 12.1 Å². The zero-order chi connectivity index (χ0) is 12.6. The first-order valence-corrected chi connectivity index (χ1v) is 6.26. The third-order valence-corrected chi connectivity index (χ3v) is 4.02. The molecule has 0 atom stereocenters. The molecule has 90 valence electrons. The number of nitrogens with zero attached hydrogens (tertiary/aromatic N) is 3. The van der Waals surface area contributed by atoms with Crippen LogP contribution in [0.5, 0.6) is 0 Å². The SMILES string of the molecule is Cc1nn(Cc2nc(N)ccc2Cl)c(C)c1Br. The van der Waals surface area contributed by atoms with Gasteiger partial charge in [0.05, 0.1) is 33.1 Å². The van der Waals surface area contributed by atoms with Crippen molar-refractivity contribution in [3.05, 3.63) is 38.7 Å². The summed E-state index contributed by atoms with van der Waals surface area (Å²) in [4.78, 5) is 4.22. The fourth-order valence-electron chi connectivity index (χ4n) is 1.58. The summed E-state index contributed by atoms with van der Waals surface area (Å²) in [5, 5.41) is 5.01. The Kier molecular flexibility index (Phi) is 3.40. The number of pyridine rings is 1. The molecule has 0 saturated heterocycles. The van der Waals surface area contributed by atoms with Crippen molar-refractivity contribution in [2.75, 3.05) is 5.73 Å².